The zero-order chi connectivity index (χ0) is 16.5. The number of nitrogens with one attached hydrogen (secondary N) is 1. The summed E-state index contributed by atoms with van der Waals surface area (Å²) in [7, 11) is 0. The molecule has 0 fully saturated rings. The predicted octanol–water partition coefficient (Wildman–Crippen LogP) is 3.69. The van der Waals surface area contributed by atoms with Crippen molar-refractivity contribution in [3.05, 3.63) is 0 Å². The molecule has 13 heteroatoms. The lowest BCUT2D eigenvalue weighted by Gasteiger charge is -2.29. The maximum Gasteiger partial charge on any atom is 0.425 e. The summed E-state index contributed by atoms with van der Waals surface area (Å²) in [6.45, 7) is 1.75. The summed E-state index contributed by atoms with van der Waals surface area (Å²) >= 11 is 6.35. The first-order valence-electron chi connectivity index (χ1n) is 5.03. The highest BCUT2D eigenvalue weighted by atomic mass is 35.5. The van der Waals surface area contributed by atoms with Crippen LogP contribution >= 0.6 is 34.7 Å². The van der Waals surface area contributed by atoms with E-state index in [0.717, 1.165) is 11.8 Å². The van der Waals surface area contributed by atoms with Crippen molar-refractivity contribution < 1.29 is 31.1 Å². The van der Waals surface area contributed by atoms with Crippen molar-refractivity contribution in [1.29, 1.82) is 0 Å². The smallest absolute Gasteiger partial charge is 0.298 e. The summed E-state index contributed by atoms with van der Waals surface area (Å²) in [6.07, 6.45) is -12.1. The van der Waals surface area contributed by atoms with Crippen molar-refractivity contribution >= 4 is 45.7 Å². The molecule has 0 bridgehead atoms. The van der Waals surface area contributed by atoms with E-state index in [-0.39, 0.29) is 4.34 Å². The number of hydrogen-bond donors (Lipinski definition) is 1. The van der Waals surface area contributed by atoms with Gasteiger partial charge in [-0.05, 0) is 5.75 Å². The van der Waals surface area contributed by atoms with E-state index in [1.165, 1.54) is 5.32 Å². The largest absolute Gasteiger partial charge is 0.425 e. The van der Waals surface area contributed by atoms with E-state index in [4.69, 9.17) is 0 Å². The van der Waals surface area contributed by atoms with E-state index in [2.05, 4.69) is 21.8 Å². The molecule has 1 heterocycles. The normalized spacial score (nSPS) is 13.3. The lowest BCUT2D eigenvalue weighted by Crippen LogP contribution is -2.60. The summed E-state index contributed by atoms with van der Waals surface area (Å²) in [5.74, 6) is -1.92. The summed E-state index contributed by atoms with van der Waals surface area (Å²) < 4.78 is 75.5. The third kappa shape index (κ3) is 3.72. The topological polar surface area (TPSA) is 54.9 Å². The van der Waals surface area contributed by atoms with E-state index in [1.54, 1.807) is 6.92 Å². The minimum atomic E-state index is -6.03. The van der Waals surface area contributed by atoms with Gasteiger partial charge in [-0.1, -0.05) is 41.6 Å². The van der Waals surface area contributed by atoms with Gasteiger partial charge in [0.1, 0.15) is 0 Å². The Hall–Kier alpha value is -0.750. The third-order valence-electron chi connectivity index (χ3n) is 1.99. The van der Waals surface area contributed by atoms with Crippen molar-refractivity contribution in [1.82, 2.24) is 10.2 Å². The van der Waals surface area contributed by atoms with E-state index in [0.29, 0.717) is 17.1 Å². The van der Waals surface area contributed by atoms with Gasteiger partial charge in [-0.3, -0.25) is 10.1 Å². The summed E-state index contributed by atoms with van der Waals surface area (Å²) in [5, 5.41) is 7.64. The van der Waals surface area contributed by atoms with Crippen LogP contribution < -0.4 is 5.32 Å². The molecule has 0 unspecified atom stereocenters. The first-order valence-corrected chi connectivity index (χ1v) is 7.21. The van der Waals surface area contributed by atoms with Crippen molar-refractivity contribution in [3.63, 3.8) is 0 Å². The number of thioether (sulfide) groups is 1. The molecule has 0 aromatic carbocycles. The van der Waals surface area contributed by atoms with Gasteiger partial charge in [0, 0.05) is 0 Å². The average molecular weight is 374 g/mol. The molecule has 1 aromatic heterocycles. The van der Waals surface area contributed by atoms with Crippen LogP contribution in [0.5, 0.6) is 0 Å². The number of rotatable bonds is 4. The van der Waals surface area contributed by atoms with Gasteiger partial charge < -0.3 is 0 Å². The molecule has 0 saturated carbocycles. The Labute approximate surface area is 127 Å². The Balaban J connectivity index is 3.02. The van der Waals surface area contributed by atoms with Gasteiger partial charge >= 0.3 is 17.2 Å². The van der Waals surface area contributed by atoms with Gasteiger partial charge in [0.05, 0.1) is 0 Å². The van der Waals surface area contributed by atoms with Crippen LogP contribution in [0.15, 0.2) is 4.34 Å². The molecule has 120 valence electrons. The first kappa shape index (κ1) is 18.3. The standard InChI is InChI=1S/C8H6ClF6N3OS2/c1-2-20-5-18-17-4(21-5)16-3(19)6(9,7(10,11)12)8(13,14)15/h2H2,1H3,(H,16,17,19). The number of anilines is 1. The molecule has 1 rings (SSSR count). The van der Waals surface area contributed by atoms with Crippen LogP contribution in [0.25, 0.3) is 0 Å². The van der Waals surface area contributed by atoms with E-state index >= 15 is 0 Å². The zero-order valence-corrected chi connectivity index (χ0v) is 12.4. The molecule has 0 atom stereocenters. The van der Waals surface area contributed by atoms with Crippen molar-refractivity contribution in [2.75, 3.05) is 11.1 Å². The molecule has 0 aliphatic rings. The maximum atomic E-state index is 12.5. The Kier molecular flexibility index (Phi) is 5.37. The van der Waals surface area contributed by atoms with Crippen molar-refractivity contribution in [2.45, 2.75) is 28.5 Å². The summed E-state index contributed by atoms with van der Waals surface area (Å²) in [6, 6.07) is 0. The average Bonchev–Trinajstić information content (AvgIpc) is 2.72. The number of carbonyl (C=O) groups is 1. The van der Waals surface area contributed by atoms with Crippen LogP contribution in [0, 0.1) is 0 Å². The van der Waals surface area contributed by atoms with E-state index in [1.807, 2.05) is 0 Å². The predicted molar refractivity (Wildman–Crippen MR) is 65.6 cm³/mol. The highest BCUT2D eigenvalue weighted by molar-refractivity contribution is 8.01. The molecule has 1 N–H and O–H groups in total. The van der Waals surface area contributed by atoms with Crippen LogP contribution in [0.2, 0.25) is 0 Å². The van der Waals surface area contributed by atoms with E-state index in [9.17, 15) is 31.1 Å². The van der Waals surface area contributed by atoms with E-state index < -0.39 is 28.3 Å². The number of alkyl halides is 7. The van der Waals surface area contributed by atoms with Crippen molar-refractivity contribution in [2.24, 2.45) is 0 Å². The monoisotopic (exact) mass is 373 g/mol. The minimum Gasteiger partial charge on any atom is -0.298 e. The number of nitrogens with zero attached hydrogens (tertiary/aromatic N) is 2. The Morgan fingerprint density at radius 2 is 1.76 bits per heavy atom. The molecule has 0 spiro atoms. The second-order valence-electron chi connectivity index (χ2n) is 3.41. The second-order valence-corrected chi connectivity index (χ2v) is 6.47. The summed E-state index contributed by atoms with van der Waals surface area (Å²) in [5.41, 5.74) is 0. The molecule has 0 aliphatic heterocycles. The fourth-order valence-corrected chi connectivity index (χ4v) is 2.73. The molecule has 4 nitrogen and oxygen atoms in total. The number of carbonyl (C=O) groups excluding carboxylic acids is 1. The molecule has 0 radical (unpaired) electrons. The fraction of sp³-hybridized carbons (Fsp3) is 0.625. The molecular weight excluding hydrogens is 368 g/mol. The lowest BCUT2D eigenvalue weighted by atomic mass is 10.1. The third-order valence-corrected chi connectivity index (χ3v) is 4.44. The van der Waals surface area contributed by atoms with Gasteiger partial charge in [-0.25, -0.2) is 0 Å². The van der Waals surface area contributed by atoms with Gasteiger partial charge in [-0.15, -0.1) is 10.2 Å². The number of hydrogen-bond acceptors (Lipinski definition) is 5. The molecular formula is C8H6ClF6N3OS2. The Morgan fingerprint density at radius 3 is 2.19 bits per heavy atom. The van der Waals surface area contributed by atoms with Crippen LogP contribution in [-0.2, 0) is 4.79 Å². The molecule has 0 aliphatic carbocycles. The highest BCUT2D eigenvalue weighted by Crippen LogP contribution is 2.48. The SMILES string of the molecule is CCSc1nnc(NC(=O)C(Cl)(C(F)(F)F)C(F)(F)F)s1. The maximum absolute atomic E-state index is 12.5. The first-order chi connectivity index (χ1) is 9.43. The molecule has 0 saturated heterocycles. The molecule has 1 amide bonds. The van der Waals surface area contributed by atoms with Gasteiger partial charge in [0.25, 0.3) is 5.91 Å². The zero-order valence-electron chi connectivity index (χ0n) is 9.97. The van der Waals surface area contributed by atoms with Crippen LogP contribution in [0.3, 0.4) is 0 Å². The van der Waals surface area contributed by atoms with Gasteiger partial charge in [0.2, 0.25) is 5.13 Å². The number of amides is 1. The number of halogens is 7. The van der Waals surface area contributed by atoms with Crippen molar-refractivity contribution in [3.8, 4) is 0 Å². The molecule has 21 heavy (non-hydrogen) atoms. The highest BCUT2D eigenvalue weighted by Gasteiger charge is 2.75. The minimum absolute atomic E-state index is 0.284. The van der Waals surface area contributed by atoms with Crippen LogP contribution in [-0.4, -0.2) is 39.1 Å². The Morgan fingerprint density at radius 1 is 1.24 bits per heavy atom. The fourth-order valence-electron chi connectivity index (χ4n) is 1.04. The van der Waals surface area contributed by atoms with Crippen LogP contribution in [0.1, 0.15) is 6.92 Å². The second kappa shape index (κ2) is 6.16. The lowest BCUT2D eigenvalue weighted by molar-refractivity contribution is -0.258. The number of aromatic nitrogens is 2. The Bertz CT molecular complexity index is 503. The molecule has 1 aromatic rings. The quantitative estimate of drug-likeness (QED) is 0.378. The summed E-state index contributed by atoms with van der Waals surface area (Å²) in [4.78, 5) is 6.29. The van der Waals surface area contributed by atoms with Gasteiger partial charge in [0.15, 0.2) is 4.34 Å². The van der Waals surface area contributed by atoms with Crippen LogP contribution in [0.4, 0.5) is 31.5 Å². The van der Waals surface area contributed by atoms with Gasteiger partial charge in [-0.2, -0.15) is 26.3 Å².